The Hall–Kier alpha value is -3.28. The second kappa shape index (κ2) is 7.86. The Morgan fingerprint density at radius 3 is 2.37 bits per heavy atom. The van der Waals surface area contributed by atoms with E-state index in [1.54, 1.807) is 0 Å². The van der Waals surface area contributed by atoms with E-state index in [9.17, 15) is 0 Å². The molecule has 0 bridgehead atoms. The van der Waals surface area contributed by atoms with E-state index in [1.807, 2.05) is 60.0 Å². The number of halogens is 1. The van der Waals surface area contributed by atoms with Gasteiger partial charge in [0.05, 0.1) is 16.9 Å². The minimum atomic E-state index is 0.617. The first-order valence-electron chi connectivity index (χ1n) is 9.47. The third-order valence-corrected chi connectivity index (χ3v) is 5.97. The van der Waals surface area contributed by atoms with Crippen molar-refractivity contribution in [3.63, 3.8) is 0 Å². The van der Waals surface area contributed by atoms with Gasteiger partial charge in [0.2, 0.25) is 5.13 Å². The summed E-state index contributed by atoms with van der Waals surface area (Å²) in [5, 5.41) is 13.5. The third kappa shape index (κ3) is 3.43. The molecule has 3 aromatic carbocycles. The van der Waals surface area contributed by atoms with Crippen LogP contribution in [0.3, 0.4) is 0 Å². The highest BCUT2D eigenvalue weighted by atomic mass is 35.5. The lowest BCUT2D eigenvalue weighted by molar-refractivity contribution is 0.976. The largest absolute Gasteiger partial charge is 0.342 e. The van der Waals surface area contributed by atoms with Gasteiger partial charge in [0.25, 0.3) is 0 Å². The van der Waals surface area contributed by atoms with E-state index < -0.39 is 0 Å². The van der Waals surface area contributed by atoms with Crippen molar-refractivity contribution in [3.8, 4) is 22.5 Å². The Kier molecular flexibility index (Phi) is 4.91. The van der Waals surface area contributed by atoms with Gasteiger partial charge in [-0.2, -0.15) is 0 Å². The molecular weight excluding hydrogens is 412 g/mol. The quantitative estimate of drug-likeness (QED) is 0.267. The Morgan fingerprint density at radius 1 is 0.833 bits per heavy atom. The predicted molar refractivity (Wildman–Crippen MR) is 125 cm³/mol. The van der Waals surface area contributed by atoms with Gasteiger partial charge in [0, 0.05) is 34.0 Å². The van der Waals surface area contributed by atoms with Gasteiger partial charge in [-0.25, -0.2) is 4.98 Å². The SMILES string of the molecule is Cn1c(-c2ccccc2)c(N=Nc2nc(-c3ccc(Cl)cc3)cs2)c2ccccc21. The van der Waals surface area contributed by atoms with Crippen LogP contribution in [0, 0.1) is 0 Å². The van der Waals surface area contributed by atoms with Crippen molar-refractivity contribution in [1.29, 1.82) is 0 Å². The Balaban J connectivity index is 1.57. The van der Waals surface area contributed by atoms with Gasteiger partial charge in [-0.1, -0.05) is 72.3 Å². The number of hydrogen-bond acceptors (Lipinski definition) is 4. The molecule has 0 unspecified atom stereocenters. The van der Waals surface area contributed by atoms with Gasteiger partial charge in [-0.05, 0) is 18.2 Å². The second-order valence-corrected chi connectivity index (χ2v) is 8.13. The van der Waals surface area contributed by atoms with Crippen LogP contribution in [-0.2, 0) is 7.05 Å². The molecule has 6 heteroatoms. The van der Waals surface area contributed by atoms with Crippen molar-refractivity contribution in [2.75, 3.05) is 0 Å². The van der Waals surface area contributed by atoms with Gasteiger partial charge in [-0.15, -0.1) is 21.6 Å². The number of benzene rings is 3. The topological polar surface area (TPSA) is 42.5 Å². The fraction of sp³-hybridized carbons (Fsp3) is 0.0417. The normalized spacial score (nSPS) is 11.5. The zero-order valence-corrected chi connectivity index (χ0v) is 17.7. The first-order valence-corrected chi connectivity index (χ1v) is 10.7. The Bertz CT molecular complexity index is 1350. The van der Waals surface area contributed by atoms with E-state index in [4.69, 9.17) is 11.6 Å². The zero-order valence-electron chi connectivity index (χ0n) is 16.2. The van der Waals surface area contributed by atoms with Gasteiger partial charge in [0.15, 0.2) is 0 Å². The molecule has 0 saturated heterocycles. The molecule has 0 fully saturated rings. The number of aryl methyl sites for hydroxylation is 1. The monoisotopic (exact) mass is 428 g/mol. The molecule has 0 spiro atoms. The third-order valence-electron chi connectivity index (χ3n) is 5.00. The van der Waals surface area contributed by atoms with Crippen molar-refractivity contribution in [2.24, 2.45) is 17.3 Å². The second-order valence-electron chi connectivity index (χ2n) is 6.86. The molecule has 4 nitrogen and oxygen atoms in total. The van der Waals surface area contributed by atoms with Crippen LogP contribution in [0.25, 0.3) is 33.4 Å². The highest BCUT2D eigenvalue weighted by Gasteiger charge is 2.16. The Labute approximate surface area is 183 Å². The lowest BCUT2D eigenvalue weighted by Gasteiger charge is -2.05. The number of aromatic nitrogens is 2. The number of nitrogens with zero attached hydrogens (tertiary/aromatic N) is 4. The number of para-hydroxylation sites is 1. The molecule has 0 aliphatic heterocycles. The molecule has 5 aromatic rings. The molecule has 0 radical (unpaired) electrons. The first-order chi connectivity index (χ1) is 14.7. The molecule has 2 heterocycles. The summed E-state index contributed by atoms with van der Waals surface area (Å²) < 4.78 is 2.17. The number of fused-ring (bicyclic) bond motifs is 1. The van der Waals surface area contributed by atoms with Crippen molar-refractivity contribution < 1.29 is 0 Å². The van der Waals surface area contributed by atoms with Crippen LogP contribution < -0.4 is 0 Å². The molecule has 2 aromatic heterocycles. The van der Waals surface area contributed by atoms with Gasteiger partial charge in [-0.3, -0.25) is 0 Å². The fourth-order valence-electron chi connectivity index (χ4n) is 3.56. The van der Waals surface area contributed by atoms with Crippen LogP contribution in [-0.4, -0.2) is 9.55 Å². The zero-order chi connectivity index (χ0) is 20.5. The average molecular weight is 429 g/mol. The summed E-state index contributed by atoms with van der Waals surface area (Å²) in [5.41, 5.74) is 5.98. The molecule has 30 heavy (non-hydrogen) atoms. The molecule has 0 aliphatic carbocycles. The standard InChI is InChI=1S/C24H17ClN4S/c1-29-21-10-6-5-9-19(21)22(23(29)17-7-3-2-4-8-17)27-28-24-26-20(15-30-24)16-11-13-18(25)14-12-16/h2-15H,1H3. The predicted octanol–water partition coefficient (Wildman–Crippen LogP) is 8.04. The molecule has 0 saturated carbocycles. The number of azo groups is 1. The van der Waals surface area contributed by atoms with Crippen molar-refractivity contribution in [2.45, 2.75) is 0 Å². The summed E-state index contributed by atoms with van der Waals surface area (Å²) in [6, 6.07) is 26.1. The van der Waals surface area contributed by atoms with E-state index in [1.165, 1.54) is 11.3 Å². The maximum atomic E-state index is 5.98. The molecule has 0 N–H and O–H groups in total. The minimum absolute atomic E-state index is 0.617. The minimum Gasteiger partial charge on any atom is -0.342 e. The van der Waals surface area contributed by atoms with Gasteiger partial charge < -0.3 is 4.57 Å². The summed E-state index contributed by atoms with van der Waals surface area (Å²) in [5.74, 6) is 0. The van der Waals surface area contributed by atoms with Gasteiger partial charge in [0.1, 0.15) is 5.69 Å². The van der Waals surface area contributed by atoms with Crippen LogP contribution in [0.4, 0.5) is 10.8 Å². The molecule has 5 rings (SSSR count). The van der Waals surface area contributed by atoms with Crippen LogP contribution in [0.1, 0.15) is 0 Å². The first kappa shape index (κ1) is 18.7. The van der Waals surface area contributed by atoms with E-state index >= 15 is 0 Å². The molecule has 0 atom stereocenters. The maximum absolute atomic E-state index is 5.98. The van der Waals surface area contributed by atoms with Crippen LogP contribution in [0.2, 0.25) is 5.02 Å². The highest BCUT2D eigenvalue weighted by molar-refractivity contribution is 7.13. The Morgan fingerprint density at radius 2 is 1.57 bits per heavy atom. The molecule has 0 aliphatic rings. The lowest BCUT2D eigenvalue weighted by Crippen LogP contribution is -1.90. The summed E-state index contributed by atoms with van der Waals surface area (Å²) in [7, 11) is 2.06. The molecule has 0 amide bonds. The van der Waals surface area contributed by atoms with Crippen molar-refractivity contribution in [1.82, 2.24) is 9.55 Å². The van der Waals surface area contributed by atoms with Crippen LogP contribution >= 0.6 is 22.9 Å². The highest BCUT2D eigenvalue weighted by Crippen LogP contribution is 2.40. The summed E-state index contributed by atoms with van der Waals surface area (Å²) in [4.78, 5) is 4.62. The van der Waals surface area contributed by atoms with E-state index in [0.717, 1.165) is 39.1 Å². The average Bonchev–Trinajstić information content (AvgIpc) is 3.36. The van der Waals surface area contributed by atoms with Crippen molar-refractivity contribution >= 4 is 44.7 Å². The number of rotatable bonds is 4. The smallest absolute Gasteiger partial charge is 0.230 e. The molecular formula is C24H17ClN4S. The van der Waals surface area contributed by atoms with E-state index in [-0.39, 0.29) is 0 Å². The van der Waals surface area contributed by atoms with E-state index in [0.29, 0.717) is 10.2 Å². The summed E-state index contributed by atoms with van der Waals surface area (Å²) in [6.07, 6.45) is 0. The number of thiazole rings is 1. The van der Waals surface area contributed by atoms with Crippen LogP contribution in [0.5, 0.6) is 0 Å². The number of hydrogen-bond donors (Lipinski definition) is 0. The molecule has 146 valence electrons. The van der Waals surface area contributed by atoms with Crippen molar-refractivity contribution in [3.05, 3.63) is 89.3 Å². The summed E-state index contributed by atoms with van der Waals surface area (Å²) >= 11 is 7.45. The summed E-state index contributed by atoms with van der Waals surface area (Å²) in [6.45, 7) is 0. The van der Waals surface area contributed by atoms with E-state index in [2.05, 4.69) is 51.1 Å². The fourth-order valence-corrected chi connectivity index (χ4v) is 4.33. The van der Waals surface area contributed by atoms with Crippen LogP contribution in [0.15, 0.2) is 94.5 Å². The maximum Gasteiger partial charge on any atom is 0.230 e. The van der Waals surface area contributed by atoms with Gasteiger partial charge >= 0.3 is 0 Å². The lowest BCUT2D eigenvalue weighted by atomic mass is 10.1.